The molecule has 0 radical (unpaired) electrons. The van der Waals surface area contributed by atoms with Gasteiger partial charge in [0, 0.05) is 54.3 Å². The van der Waals surface area contributed by atoms with Gasteiger partial charge in [0.05, 0.1) is 5.69 Å². The van der Waals surface area contributed by atoms with Crippen LogP contribution in [-0.4, -0.2) is 49.7 Å². The summed E-state index contributed by atoms with van der Waals surface area (Å²) < 4.78 is 1.13. The van der Waals surface area contributed by atoms with Crippen molar-refractivity contribution in [3.05, 3.63) is 53.0 Å². The Morgan fingerprint density at radius 1 is 0.960 bits per heavy atom. The Labute approximate surface area is 162 Å². The third-order valence-corrected chi connectivity index (χ3v) is 6.57. The maximum Gasteiger partial charge on any atom is 0.130 e. The summed E-state index contributed by atoms with van der Waals surface area (Å²) in [5, 5.41) is 0. The van der Waals surface area contributed by atoms with Crippen LogP contribution in [0, 0.1) is 0 Å². The van der Waals surface area contributed by atoms with Gasteiger partial charge in [-0.2, -0.15) is 0 Å². The lowest BCUT2D eigenvalue weighted by molar-refractivity contribution is 0.262. The number of hydrogen-bond acceptors (Lipinski definition) is 5. The highest BCUT2D eigenvalue weighted by molar-refractivity contribution is 9.10. The van der Waals surface area contributed by atoms with E-state index in [9.17, 15) is 0 Å². The maximum absolute atomic E-state index is 6.31. The Hall–Kier alpha value is -1.21. The van der Waals surface area contributed by atoms with Crippen LogP contribution in [0.2, 0.25) is 0 Å². The van der Waals surface area contributed by atoms with Crippen LogP contribution in [0.5, 0.6) is 0 Å². The van der Waals surface area contributed by atoms with E-state index in [1.54, 1.807) is 11.8 Å². The van der Waals surface area contributed by atoms with Gasteiger partial charge in [0.25, 0.3) is 0 Å². The minimum atomic E-state index is 0.0430. The molecule has 2 aromatic rings. The second-order valence-electron chi connectivity index (χ2n) is 6.47. The van der Waals surface area contributed by atoms with Crippen LogP contribution in [0.25, 0.3) is 0 Å². The third kappa shape index (κ3) is 3.82. The van der Waals surface area contributed by atoms with Gasteiger partial charge in [-0.3, -0.25) is 4.90 Å². The predicted octanol–water partition coefficient (Wildman–Crippen LogP) is 3.43. The van der Waals surface area contributed by atoms with Crippen molar-refractivity contribution in [2.24, 2.45) is 5.73 Å². The van der Waals surface area contributed by atoms with Crippen molar-refractivity contribution in [3.63, 3.8) is 0 Å². The standard InChI is InChI=1S/C19H23BrN4S/c20-15-5-7-16(8-6-15)23-12-9-22(10-13-23)11-14-24-17-3-1-2-4-18(17)25-19(24)21/h1-8,19H,9-14,21H2. The van der Waals surface area contributed by atoms with Crippen LogP contribution in [0.4, 0.5) is 11.4 Å². The number of nitrogens with two attached hydrogens (primary N) is 1. The van der Waals surface area contributed by atoms with Crippen molar-refractivity contribution in [1.29, 1.82) is 0 Å². The van der Waals surface area contributed by atoms with E-state index < -0.39 is 0 Å². The number of halogens is 1. The van der Waals surface area contributed by atoms with Crippen molar-refractivity contribution in [1.82, 2.24) is 4.90 Å². The topological polar surface area (TPSA) is 35.7 Å². The van der Waals surface area contributed by atoms with Crippen molar-refractivity contribution in [2.45, 2.75) is 10.4 Å². The molecule has 1 fully saturated rings. The Bertz CT molecular complexity index is 716. The van der Waals surface area contributed by atoms with E-state index in [0.717, 1.165) is 43.7 Å². The molecule has 0 amide bonds. The van der Waals surface area contributed by atoms with Crippen LogP contribution in [0.15, 0.2) is 57.9 Å². The van der Waals surface area contributed by atoms with Crippen LogP contribution in [0.1, 0.15) is 0 Å². The van der Waals surface area contributed by atoms with E-state index in [1.165, 1.54) is 16.3 Å². The first kappa shape index (κ1) is 17.2. The molecule has 0 saturated carbocycles. The van der Waals surface area contributed by atoms with Crippen LogP contribution in [-0.2, 0) is 0 Å². The Morgan fingerprint density at radius 3 is 2.44 bits per heavy atom. The number of hydrogen-bond donors (Lipinski definition) is 1. The summed E-state index contributed by atoms with van der Waals surface area (Å²) in [5.41, 5.74) is 8.96. The first-order valence-electron chi connectivity index (χ1n) is 8.71. The number of nitrogens with zero attached hydrogens (tertiary/aromatic N) is 3. The number of benzene rings is 2. The molecular formula is C19H23BrN4S. The minimum Gasteiger partial charge on any atom is -0.369 e. The number of thioether (sulfide) groups is 1. The number of rotatable bonds is 4. The minimum absolute atomic E-state index is 0.0430. The van der Waals surface area contributed by atoms with Crippen LogP contribution in [0.3, 0.4) is 0 Å². The van der Waals surface area contributed by atoms with Crippen LogP contribution < -0.4 is 15.5 Å². The third-order valence-electron chi connectivity index (χ3n) is 4.95. The van der Waals surface area contributed by atoms with Gasteiger partial charge < -0.3 is 15.5 Å². The lowest BCUT2D eigenvalue weighted by atomic mass is 10.2. The van der Waals surface area contributed by atoms with Crippen molar-refractivity contribution in [3.8, 4) is 0 Å². The zero-order chi connectivity index (χ0) is 17.2. The molecule has 0 aromatic heterocycles. The van der Waals surface area contributed by atoms with E-state index in [2.05, 4.69) is 79.2 Å². The molecule has 0 bridgehead atoms. The van der Waals surface area contributed by atoms with Gasteiger partial charge in [-0.25, -0.2) is 0 Å². The van der Waals surface area contributed by atoms with Crippen molar-refractivity contribution < 1.29 is 0 Å². The fourth-order valence-electron chi connectivity index (χ4n) is 3.50. The second kappa shape index (κ2) is 7.58. The van der Waals surface area contributed by atoms with Gasteiger partial charge in [0.2, 0.25) is 0 Å². The van der Waals surface area contributed by atoms with E-state index in [4.69, 9.17) is 5.73 Å². The zero-order valence-corrected chi connectivity index (χ0v) is 16.5. The average Bonchev–Trinajstić information content (AvgIpc) is 2.96. The predicted molar refractivity (Wildman–Crippen MR) is 110 cm³/mol. The Morgan fingerprint density at radius 2 is 1.68 bits per heavy atom. The van der Waals surface area contributed by atoms with E-state index in [1.807, 2.05) is 0 Å². The molecule has 4 rings (SSSR count). The summed E-state index contributed by atoms with van der Waals surface area (Å²) in [5.74, 6) is 0. The number of anilines is 2. The van der Waals surface area contributed by atoms with E-state index in [0.29, 0.717) is 0 Å². The van der Waals surface area contributed by atoms with Gasteiger partial charge in [-0.1, -0.05) is 39.8 Å². The summed E-state index contributed by atoms with van der Waals surface area (Å²) in [6.07, 6.45) is 0. The molecule has 2 aliphatic rings. The average molecular weight is 419 g/mol. The van der Waals surface area contributed by atoms with Crippen LogP contribution >= 0.6 is 27.7 Å². The molecule has 0 aliphatic carbocycles. The quantitative estimate of drug-likeness (QED) is 0.822. The zero-order valence-electron chi connectivity index (χ0n) is 14.1. The van der Waals surface area contributed by atoms with Gasteiger partial charge in [-0.15, -0.1) is 0 Å². The summed E-state index contributed by atoms with van der Waals surface area (Å²) in [7, 11) is 0. The monoisotopic (exact) mass is 418 g/mol. The smallest absolute Gasteiger partial charge is 0.130 e. The van der Waals surface area contributed by atoms with E-state index >= 15 is 0 Å². The molecule has 2 heterocycles. The molecule has 2 N–H and O–H groups in total. The Kier molecular flexibility index (Phi) is 5.22. The van der Waals surface area contributed by atoms with Gasteiger partial charge >= 0.3 is 0 Å². The van der Waals surface area contributed by atoms with Gasteiger partial charge in [0.15, 0.2) is 0 Å². The van der Waals surface area contributed by atoms with Crippen molar-refractivity contribution >= 4 is 39.1 Å². The molecule has 1 unspecified atom stereocenters. The molecule has 132 valence electrons. The lowest BCUT2D eigenvalue weighted by Crippen LogP contribution is -2.49. The summed E-state index contributed by atoms with van der Waals surface area (Å²) in [4.78, 5) is 8.65. The van der Waals surface area contributed by atoms with Gasteiger partial charge in [-0.05, 0) is 36.4 Å². The van der Waals surface area contributed by atoms with Gasteiger partial charge in [0.1, 0.15) is 5.50 Å². The number of fused-ring (bicyclic) bond motifs is 1. The molecule has 6 heteroatoms. The van der Waals surface area contributed by atoms with Crippen molar-refractivity contribution in [2.75, 3.05) is 49.1 Å². The molecule has 2 aromatic carbocycles. The lowest BCUT2D eigenvalue weighted by Gasteiger charge is -2.37. The highest BCUT2D eigenvalue weighted by atomic mass is 79.9. The normalized spacial score (nSPS) is 20.8. The molecule has 2 aliphatic heterocycles. The SMILES string of the molecule is NC1Sc2ccccc2N1CCN1CCN(c2ccc(Br)cc2)CC1. The highest BCUT2D eigenvalue weighted by Gasteiger charge is 2.27. The molecule has 0 spiro atoms. The number of para-hydroxylation sites is 1. The van der Waals surface area contributed by atoms with E-state index in [-0.39, 0.29) is 5.50 Å². The molecule has 1 saturated heterocycles. The summed E-state index contributed by atoms with van der Waals surface area (Å²) >= 11 is 5.26. The highest BCUT2D eigenvalue weighted by Crippen LogP contribution is 2.40. The summed E-state index contributed by atoms with van der Waals surface area (Å²) in [6.45, 7) is 6.43. The fraction of sp³-hybridized carbons (Fsp3) is 0.368. The first-order chi connectivity index (χ1) is 12.2. The second-order valence-corrected chi connectivity index (χ2v) is 8.55. The molecule has 4 nitrogen and oxygen atoms in total. The first-order valence-corrected chi connectivity index (χ1v) is 10.4. The maximum atomic E-state index is 6.31. The molecule has 25 heavy (non-hydrogen) atoms. The fourth-order valence-corrected chi connectivity index (χ4v) is 4.84. The number of piperazine rings is 1. The Balaban J connectivity index is 1.30. The summed E-state index contributed by atoms with van der Waals surface area (Å²) in [6, 6.07) is 17.1. The largest absolute Gasteiger partial charge is 0.369 e. The molecule has 1 atom stereocenters. The molecular weight excluding hydrogens is 396 g/mol.